The van der Waals surface area contributed by atoms with E-state index in [1.165, 1.54) is 20.0 Å². The molecule has 0 aromatic heterocycles. The van der Waals surface area contributed by atoms with E-state index in [1.54, 1.807) is 0 Å². The highest BCUT2D eigenvalue weighted by molar-refractivity contribution is 5.69. The summed E-state index contributed by atoms with van der Waals surface area (Å²) >= 11 is 0. The molecule has 2 nitrogen and oxygen atoms in total. The molecule has 0 amide bonds. The Kier molecular flexibility index (Phi) is 4.19. The van der Waals surface area contributed by atoms with E-state index in [0.29, 0.717) is 12.3 Å². The first-order chi connectivity index (χ1) is 6.22. The van der Waals surface area contributed by atoms with Crippen LogP contribution in [0.2, 0.25) is 0 Å². The van der Waals surface area contributed by atoms with Gasteiger partial charge in [0, 0.05) is 0 Å². The molecule has 0 radical (unpaired) electrons. The average Bonchev–Trinajstić information content (AvgIpc) is 2.56. The van der Waals surface area contributed by atoms with E-state index in [4.69, 9.17) is 0 Å². The predicted molar refractivity (Wildman–Crippen MR) is 48.1 cm³/mol. The third kappa shape index (κ3) is 3.75. The Labute approximate surface area is 78.5 Å². The van der Waals surface area contributed by atoms with E-state index in [0.717, 1.165) is 12.8 Å². The van der Waals surface area contributed by atoms with Crippen LogP contribution >= 0.6 is 0 Å². The lowest BCUT2D eigenvalue weighted by molar-refractivity contribution is -0.142. The van der Waals surface area contributed by atoms with Crippen LogP contribution in [-0.4, -0.2) is 19.3 Å². The van der Waals surface area contributed by atoms with E-state index in [9.17, 15) is 9.18 Å². The van der Waals surface area contributed by atoms with Crippen LogP contribution in [0.3, 0.4) is 0 Å². The Hall–Kier alpha value is -0.600. The number of ether oxygens (including phenoxy) is 1. The van der Waals surface area contributed by atoms with Gasteiger partial charge < -0.3 is 4.74 Å². The van der Waals surface area contributed by atoms with Crippen molar-refractivity contribution < 1.29 is 13.9 Å². The van der Waals surface area contributed by atoms with Crippen molar-refractivity contribution in [3.05, 3.63) is 0 Å². The summed E-state index contributed by atoms with van der Waals surface area (Å²) in [5.74, 6) is 0.0603. The predicted octanol–water partition coefficient (Wildman–Crippen LogP) is 2.47. The number of carbonyl (C=O) groups excluding carboxylic acids is 1. The molecule has 0 aliphatic heterocycles. The van der Waals surface area contributed by atoms with Crippen molar-refractivity contribution in [1.29, 1.82) is 0 Å². The molecule has 76 valence electrons. The van der Waals surface area contributed by atoms with Gasteiger partial charge in [-0.25, -0.2) is 4.39 Å². The highest BCUT2D eigenvalue weighted by Crippen LogP contribution is 2.29. The topological polar surface area (TPSA) is 26.3 Å². The monoisotopic (exact) mass is 188 g/mol. The zero-order valence-corrected chi connectivity index (χ0v) is 8.09. The lowest BCUT2D eigenvalue weighted by Crippen LogP contribution is -2.13. The van der Waals surface area contributed by atoms with E-state index in [1.807, 2.05) is 0 Å². The maximum absolute atomic E-state index is 13.2. The van der Waals surface area contributed by atoms with Crippen molar-refractivity contribution >= 4 is 5.97 Å². The quantitative estimate of drug-likeness (QED) is 0.633. The summed E-state index contributed by atoms with van der Waals surface area (Å²) in [4.78, 5) is 10.7. The molecule has 0 bridgehead atoms. The van der Waals surface area contributed by atoms with E-state index >= 15 is 0 Å². The second kappa shape index (κ2) is 5.20. The summed E-state index contributed by atoms with van der Waals surface area (Å²) in [7, 11) is 1.30. The third-order valence-corrected chi connectivity index (χ3v) is 2.68. The minimum atomic E-state index is -1.00. The van der Waals surface area contributed by atoms with Crippen LogP contribution in [0.1, 0.15) is 38.5 Å². The summed E-state index contributed by atoms with van der Waals surface area (Å²) in [6, 6.07) is 0. The lowest BCUT2D eigenvalue weighted by atomic mass is 9.99. The third-order valence-electron chi connectivity index (χ3n) is 2.68. The Balaban J connectivity index is 2.16. The molecule has 0 aromatic carbocycles. The maximum atomic E-state index is 13.2. The fourth-order valence-electron chi connectivity index (χ4n) is 1.96. The molecule has 1 aliphatic carbocycles. The van der Waals surface area contributed by atoms with Crippen LogP contribution in [-0.2, 0) is 9.53 Å². The number of halogens is 1. The Morgan fingerprint density at radius 1 is 1.54 bits per heavy atom. The van der Waals surface area contributed by atoms with Crippen molar-refractivity contribution in [2.45, 2.75) is 44.7 Å². The normalized spacial score (nSPS) is 20.2. The number of carbonyl (C=O) groups is 1. The van der Waals surface area contributed by atoms with E-state index in [2.05, 4.69) is 4.74 Å². The zero-order chi connectivity index (χ0) is 9.68. The van der Waals surface area contributed by atoms with Gasteiger partial charge in [-0.1, -0.05) is 25.7 Å². The Morgan fingerprint density at radius 3 is 2.69 bits per heavy atom. The van der Waals surface area contributed by atoms with Gasteiger partial charge in [0.25, 0.3) is 0 Å². The fourth-order valence-corrected chi connectivity index (χ4v) is 1.96. The van der Waals surface area contributed by atoms with Gasteiger partial charge in [-0.15, -0.1) is 0 Å². The molecular weight excluding hydrogens is 171 g/mol. The number of alkyl halides is 1. The van der Waals surface area contributed by atoms with Gasteiger partial charge in [-0.05, 0) is 12.3 Å². The summed E-state index contributed by atoms with van der Waals surface area (Å²) in [6.07, 6.45) is 4.15. The Morgan fingerprint density at radius 2 is 2.15 bits per heavy atom. The van der Waals surface area contributed by atoms with Crippen molar-refractivity contribution in [3.8, 4) is 0 Å². The Bertz CT molecular complexity index is 164. The van der Waals surface area contributed by atoms with Crippen molar-refractivity contribution in [2.24, 2.45) is 5.92 Å². The van der Waals surface area contributed by atoms with Gasteiger partial charge >= 0.3 is 5.97 Å². The summed E-state index contributed by atoms with van der Waals surface area (Å²) < 4.78 is 17.6. The number of esters is 1. The minimum absolute atomic E-state index is 0.0764. The maximum Gasteiger partial charge on any atom is 0.308 e. The van der Waals surface area contributed by atoms with Gasteiger partial charge in [-0.3, -0.25) is 4.79 Å². The van der Waals surface area contributed by atoms with E-state index in [-0.39, 0.29) is 6.42 Å². The highest BCUT2D eigenvalue weighted by atomic mass is 19.1. The van der Waals surface area contributed by atoms with Crippen LogP contribution in [0.4, 0.5) is 4.39 Å². The molecule has 0 saturated heterocycles. The van der Waals surface area contributed by atoms with Crippen LogP contribution < -0.4 is 0 Å². The standard InChI is InChI=1S/C10H17FO2/c1-13-10(12)7-9(11)6-8-4-2-3-5-8/h8-9H,2-7H2,1H3. The molecule has 0 aromatic rings. The minimum Gasteiger partial charge on any atom is -0.469 e. The van der Waals surface area contributed by atoms with Crippen LogP contribution in [0.25, 0.3) is 0 Å². The van der Waals surface area contributed by atoms with Crippen molar-refractivity contribution in [3.63, 3.8) is 0 Å². The second-order valence-electron chi connectivity index (χ2n) is 3.76. The number of methoxy groups -OCH3 is 1. The van der Waals surface area contributed by atoms with Gasteiger partial charge in [0.15, 0.2) is 0 Å². The largest absolute Gasteiger partial charge is 0.469 e. The first-order valence-electron chi connectivity index (χ1n) is 4.93. The second-order valence-corrected chi connectivity index (χ2v) is 3.76. The fraction of sp³-hybridized carbons (Fsp3) is 0.900. The lowest BCUT2D eigenvalue weighted by Gasteiger charge is -2.11. The summed E-state index contributed by atoms with van der Waals surface area (Å²) in [5, 5.41) is 0. The van der Waals surface area contributed by atoms with E-state index < -0.39 is 12.1 Å². The molecule has 0 N–H and O–H groups in total. The summed E-state index contributed by atoms with van der Waals surface area (Å²) in [6.45, 7) is 0. The van der Waals surface area contributed by atoms with Gasteiger partial charge in [0.2, 0.25) is 0 Å². The van der Waals surface area contributed by atoms with Crippen LogP contribution in [0.5, 0.6) is 0 Å². The van der Waals surface area contributed by atoms with Gasteiger partial charge in [0.1, 0.15) is 6.17 Å². The SMILES string of the molecule is COC(=O)CC(F)CC1CCCC1. The molecule has 13 heavy (non-hydrogen) atoms. The number of hydrogen-bond acceptors (Lipinski definition) is 2. The van der Waals surface area contributed by atoms with Crippen molar-refractivity contribution in [2.75, 3.05) is 7.11 Å². The molecular formula is C10H17FO2. The smallest absolute Gasteiger partial charge is 0.308 e. The molecule has 1 atom stereocenters. The number of hydrogen-bond donors (Lipinski definition) is 0. The molecule has 1 aliphatic rings. The average molecular weight is 188 g/mol. The molecule has 1 unspecified atom stereocenters. The van der Waals surface area contributed by atoms with Crippen LogP contribution in [0.15, 0.2) is 0 Å². The van der Waals surface area contributed by atoms with Gasteiger partial charge in [-0.2, -0.15) is 0 Å². The van der Waals surface area contributed by atoms with Gasteiger partial charge in [0.05, 0.1) is 13.5 Å². The molecule has 1 rings (SSSR count). The molecule has 0 heterocycles. The molecule has 1 fully saturated rings. The molecule has 3 heteroatoms. The van der Waals surface area contributed by atoms with Crippen LogP contribution in [0, 0.1) is 5.92 Å². The highest BCUT2D eigenvalue weighted by Gasteiger charge is 2.21. The molecule has 0 spiro atoms. The summed E-state index contributed by atoms with van der Waals surface area (Å²) in [5.41, 5.74) is 0. The molecule has 1 saturated carbocycles. The first-order valence-corrected chi connectivity index (χ1v) is 4.93. The zero-order valence-electron chi connectivity index (χ0n) is 8.09. The number of rotatable bonds is 4. The van der Waals surface area contributed by atoms with Crippen molar-refractivity contribution in [1.82, 2.24) is 0 Å². The first kappa shape index (κ1) is 10.5.